The minimum absolute atomic E-state index is 0.0550. The quantitative estimate of drug-likeness (QED) is 0.369. The smallest absolute Gasteiger partial charge is 0.225 e. The number of methoxy groups -OCH3 is 1. The van der Waals surface area contributed by atoms with E-state index in [1.54, 1.807) is 36.3 Å². The highest BCUT2D eigenvalue weighted by molar-refractivity contribution is 7.88. The van der Waals surface area contributed by atoms with E-state index in [9.17, 15) is 13.2 Å². The summed E-state index contributed by atoms with van der Waals surface area (Å²) in [5.41, 5.74) is 2.62. The number of carbonyl (C=O) groups excluding carboxylic acids is 1. The first kappa shape index (κ1) is 27.2. The largest absolute Gasteiger partial charge is 0.493 e. The van der Waals surface area contributed by atoms with Crippen LogP contribution in [0.1, 0.15) is 30.5 Å². The number of carbonyl (C=O) groups is 1. The standard InChI is InChI=1S/C28H34N2O5S/c1-22(2)28(31)30(17-16-29-36(32,33)21-24-12-8-5-9-13-24)19-25-14-15-26(27(18-25)34-3)35-20-23-10-6-4-7-11-23/h4-15,18,22,29H,16-17,19-21H2,1-3H3. The van der Waals surface area contributed by atoms with Crippen LogP contribution in [-0.2, 0) is 33.7 Å². The number of nitrogens with one attached hydrogen (secondary N) is 1. The summed E-state index contributed by atoms with van der Waals surface area (Å²) in [7, 11) is -1.94. The Morgan fingerprint density at radius 2 is 1.53 bits per heavy atom. The molecule has 0 saturated heterocycles. The fourth-order valence-corrected chi connectivity index (χ4v) is 4.83. The molecule has 0 saturated carbocycles. The van der Waals surface area contributed by atoms with E-state index >= 15 is 0 Å². The van der Waals surface area contributed by atoms with Crippen LogP contribution in [0.25, 0.3) is 0 Å². The van der Waals surface area contributed by atoms with Crippen LogP contribution in [0.2, 0.25) is 0 Å². The van der Waals surface area contributed by atoms with E-state index in [0.29, 0.717) is 30.2 Å². The summed E-state index contributed by atoms with van der Waals surface area (Å²) in [5.74, 6) is 0.805. The molecule has 7 nitrogen and oxygen atoms in total. The van der Waals surface area contributed by atoms with Crippen LogP contribution in [0.5, 0.6) is 11.5 Å². The third-order valence-corrected chi connectivity index (χ3v) is 6.90. The molecule has 0 unspecified atom stereocenters. The highest BCUT2D eigenvalue weighted by Crippen LogP contribution is 2.29. The summed E-state index contributed by atoms with van der Waals surface area (Å²) in [4.78, 5) is 14.5. The van der Waals surface area contributed by atoms with Gasteiger partial charge >= 0.3 is 0 Å². The van der Waals surface area contributed by atoms with Gasteiger partial charge in [0.05, 0.1) is 12.9 Å². The molecule has 0 aliphatic carbocycles. The Kier molecular flexibility index (Phi) is 9.90. The molecule has 0 heterocycles. The van der Waals surface area contributed by atoms with Crippen molar-refractivity contribution in [2.75, 3.05) is 20.2 Å². The monoisotopic (exact) mass is 510 g/mol. The molecule has 0 aliphatic heterocycles. The van der Waals surface area contributed by atoms with Gasteiger partial charge in [-0.05, 0) is 28.8 Å². The molecule has 0 spiro atoms. The number of sulfonamides is 1. The Morgan fingerprint density at radius 1 is 0.889 bits per heavy atom. The zero-order chi connectivity index (χ0) is 26.0. The van der Waals surface area contributed by atoms with Crippen LogP contribution in [0.3, 0.4) is 0 Å². The van der Waals surface area contributed by atoms with Crippen molar-refractivity contribution >= 4 is 15.9 Å². The molecule has 0 atom stereocenters. The summed E-state index contributed by atoms with van der Waals surface area (Å²) in [5, 5.41) is 0. The summed E-state index contributed by atoms with van der Waals surface area (Å²) in [6.45, 7) is 4.78. The molecular formula is C28H34N2O5S. The van der Waals surface area contributed by atoms with E-state index in [2.05, 4.69) is 4.72 Å². The van der Waals surface area contributed by atoms with Gasteiger partial charge in [0, 0.05) is 25.6 Å². The third kappa shape index (κ3) is 8.39. The van der Waals surface area contributed by atoms with Gasteiger partial charge in [-0.15, -0.1) is 0 Å². The predicted molar refractivity (Wildman–Crippen MR) is 141 cm³/mol. The summed E-state index contributed by atoms with van der Waals surface area (Å²) >= 11 is 0. The summed E-state index contributed by atoms with van der Waals surface area (Å²) in [6.07, 6.45) is 0. The number of nitrogens with zero attached hydrogens (tertiary/aromatic N) is 1. The molecular weight excluding hydrogens is 476 g/mol. The van der Waals surface area contributed by atoms with Crippen LogP contribution in [0.4, 0.5) is 0 Å². The first-order valence-electron chi connectivity index (χ1n) is 11.9. The van der Waals surface area contributed by atoms with Gasteiger partial charge in [0.2, 0.25) is 15.9 Å². The van der Waals surface area contributed by atoms with Crippen molar-refractivity contribution in [3.8, 4) is 11.5 Å². The van der Waals surface area contributed by atoms with Gasteiger partial charge in [0.25, 0.3) is 0 Å². The maximum atomic E-state index is 12.9. The van der Waals surface area contributed by atoms with Crippen LogP contribution in [0.15, 0.2) is 78.9 Å². The molecule has 3 aromatic rings. The number of rotatable bonds is 13. The third-order valence-electron chi connectivity index (χ3n) is 5.55. The Morgan fingerprint density at radius 3 is 2.14 bits per heavy atom. The number of benzene rings is 3. The molecule has 1 amide bonds. The van der Waals surface area contributed by atoms with Gasteiger partial charge in [-0.1, -0.05) is 80.6 Å². The van der Waals surface area contributed by atoms with Crippen molar-refractivity contribution in [3.05, 3.63) is 95.6 Å². The van der Waals surface area contributed by atoms with Crippen molar-refractivity contribution in [1.82, 2.24) is 9.62 Å². The Hall–Kier alpha value is -3.36. The van der Waals surface area contributed by atoms with Crippen molar-refractivity contribution in [2.24, 2.45) is 5.92 Å². The second-order valence-electron chi connectivity index (χ2n) is 8.81. The van der Waals surface area contributed by atoms with Gasteiger partial charge < -0.3 is 14.4 Å². The molecule has 3 aromatic carbocycles. The minimum atomic E-state index is -3.52. The van der Waals surface area contributed by atoms with E-state index in [0.717, 1.165) is 11.1 Å². The van der Waals surface area contributed by atoms with E-state index < -0.39 is 10.0 Å². The lowest BCUT2D eigenvalue weighted by atomic mass is 10.1. The Balaban J connectivity index is 1.64. The summed E-state index contributed by atoms with van der Waals surface area (Å²) in [6, 6.07) is 24.4. The topological polar surface area (TPSA) is 84.9 Å². The highest BCUT2D eigenvalue weighted by atomic mass is 32.2. The number of ether oxygens (including phenoxy) is 2. The van der Waals surface area contributed by atoms with Crippen LogP contribution in [-0.4, -0.2) is 39.4 Å². The molecule has 192 valence electrons. The Bertz CT molecular complexity index is 1220. The predicted octanol–water partition coefficient (Wildman–Crippen LogP) is 4.38. The average Bonchev–Trinajstić information content (AvgIpc) is 2.87. The normalized spacial score (nSPS) is 11.3. The van der Waals surface area contributed by atoms with Crippen molar-refractivity contribution < 1.29 is 22.7 Å². The molecule has 0 fully saturated rings. The zero-order valence-corrected chi connectivity index (χ0v) is 21.8. The molecule has 3 rings (SSSR count). The number of hydrogen-bond donors (Lipinski definition) is 1. The van der Waals surface area contributed by atoms with Crippen molar-refractivity contribution in [3.63, 3.8) is 0 Å². The van der Waals surface area contributed by atoms with Gasteiger partial charge in [0.1, 0.15) is 6.61 Å². The van der Waals surface area contributed by atoms with E-state index in [1.807, 2.05) is 68.4 Å². The van der Waals surface area contributed by atoms with Crippen LogP contribution in [0, 0.1) is 5.92 Å². The van der Waals surface area contributed by atoms with Crippen LogP contribution >= 0.6 is 0 Å². The summed E-state index contributed by atoms with van der Waals surface area (Å²) < 4.78 is 39.0. The Labute approximate surface area is 214 Å². The second kappa shape index (κ2) is 13.1. The molecule has 0 aromatic heterocycles. The van der Waals surface area contributed by atoms with E-state index in [1.165, 1.54) is 0 Å². The van der Waals surface area contributed by atoms with E-state index in [-0.39, 0.29) is 30.7 Å². The molecule has 36 heavy (non-hydrogen) atoms. The molecule has 8 heteroatoms. The van der Waals surface area contributed by atoms with Crippen molar-refractivity contribution in [1.29, 1.82) is 0 Å². The van der Waals surface area contributed by atoms with Crippen LogP contribution < -0.4 is 14.2 Å². The first-order chi connectivity index (χ1) is 17.3. The number of hydrogen-bond acceptors (Lipinski definition) is 5. The van der Waals surface area contributed by atoms with Gasteiger partial charge in [0.15, 0.2) is 11.5 Å². The zero-order valence-electron chi connectivity index (χ0n) is 21.0. The highest BCUT2D eigenvalue weighted by Gasteiger charge is 2.19. The maximum absolute atomic E-state index is 12.9. The average molecular weight is 511 g/mol. The lowest BCUT2D eigenvalue weighted by Gasteiger charge is -2.25. The second-order valence-corrected chi connectivity index (χ2v) is 10.6. The van der Waals surface area contributed by atoms with Gasteiger partial charge in [-0.25, -0.2) is 13.1 Å². The van der Waals surface area contributed by atoms with Crippen molar-refractivity contribution in [2.45, 2.75) is 32.8 Å². The maximum Gasteiger partial charge on any atom is 0.225 e. The number of amides is 1. The fraction of sp³-hybridized carbons (Fsp3) is 0.321. The first-order valence-corrected chi connectivity index (χ1v) is 13.6. The lowest BCUT2D eigenvalue weighted by Crippen LogP contribution is -2.40. The minimum Gasteiger partial charge on any atom is -0.493 e. The molecule has 1 N–H and O–H groups in total. The molecule has 0 bridgehead atoms. The fourth-order valence-electron chi connectivity index (χ4n) is 3.70. The SMILES string of the molecule is COc1cc(CN(CCNS(=O)(=O)Cc2ccccc2)C(=O)C(C)C)ccc1OCc1ccccc1. The molecule has 0 radical (unpaired) electrons. The van der Waals surface area contributed by atoms with Gasteiger partial charge in [-0.2, -0.15) is 0 Å². The molecule has 0 aliphatic rings. The van der Waals surface area contributed by atoms with E-state index in [4.69, 9.17) is 9.47 Å². The van der Waals surface area contributed by atoms with Gasteiger partial charge in [-0.3, -0.25) is 4.79 Å². The lowest BCUT2D eigenvalue weighted by molar-refractivity contribution is -0.135.